The van der Waals surface area contributed by atoms with Crippen molar-refractivity contribution in [2.75, 3.05) is 29.3 Å². The van der Waals surface area contributed by atoms with Gasteiger partial charge in [0, 0.05) is 43.9 Å². The average molecular weight is 498 g/mol. The molecule has 0 radical (unpaired) electrons. The SMILES string of the molecule is CC(C)c1ccc(NS(=O)(=O)c2ccc3c(c2)CCN3C(=O)CCC(=O)N2CCCCCC2)cc1. The molecule has 1 fully saturated rings. The van der Waals surface area contributed by atoms with E-state index in [1.54, 1.807) is 29.2 Å². The van der Waals surface area contributed by atoms with E-state index in [4.69, 9.17) is 0 Å². The predicted octanol–water partition coefficient (Wildman–Crippen LogP) is 4.68. The van der Waals surface area contributed by atoms with Gasteiger partial charge in [0.05, 0.1) is 4.90 Å². The van der Waals surface area contributed by atoms with Crippen molar-refractivity contribution in [2.24, 2.45) is 0 Å². The Hall–Kier alpha value is -2.87. The summed E-state index contributed by atoms with van der Waals surface area (Å²) in [7, 11) is -3.75. The third-order valence-electron chi connectivity index (χ3n) is 6.90. The molecule has 0 spiro atoms. The molecule has 2 aromatic rings. The van der Waals surface area contributed by atoms with Gasteiger partial charge in [-0.15, -0.1) is 0 Å². The van der Waals surface area contributed by atoms with Gasteiger partial charge >= 0.3 is 0 Å². The molecule has 0 aliphatic carbocycles. The summed E-state index contributed by atoms with van der Waals surface area (Å²) in [6, 6.07) is 12.3. The van der Waals surface area contributed by atoms with Crippen LogP contribution >= 0.6 is 0 Å². The smallest absolute Gasteiger partial charge is 0.261 e. The topological polar surface area (TPSA) is 86.8 Å². The number of benzene rings is 2. The van der Waals surface area contributed by atoms with Gasteiger partial charge in [0.25, 0.3) is 10.0 Å². The van der Waals surface area contributed by atoms with E-state index >= 15 is 0 Å². The fourth-order valence-corrected chi connectivity index (χ4v) is 5.89. The lowest BCUT2D eigenvalue weighted by molar-refractivity contribution is -0.133. The lowest BCUT2D eigenvalue weighted by Gasteiger charge is -2.21. The summed E-state index contributed by atoms with van der Waals surface area (Å²) in [4.78, 5) is 29.2. The number of anilines is 2. The first kappa shape index (κ1) is 25.2. The molecule has 2 aromatic carbocycles. The van der Waals surface area contributed by atoms with Crippen LogP contribution in [0.15, 0.2) is 47.4 Å². The van der Waals surface area contributed by atoms with Gasteiger partial charge in [-0.2, -0.15) is 0 Å². The fourth-order valence-electron chi connectivity index (χ4n) is 4.78. The molecule has 1 saturated heterocycles. The average Bonchev–Trinajstić information content (AvgIpc) is 3.07. The predicted molar refractivity (Wildman–Crippen MR) is 138 cm³/mol. The summed E-state index contributed by atoms with van der Waals surface area (Å²) in [6.45, 7) is 6.25. The highest BCUT2D eigenvalue weighted by molar-refractivity contribution is 7.92. The lowest BCUT2D eigenvalue weighted by atomic mass is 10.0. The summed E-state index contributed by atoms with van der Waals surface area (Å²) in [5.74, 6) is 0.329. The van der Waals surface area contributed by atoms with Crippen LogP contribution in [0.2, 0.25) is 0 Å². The fraction of sp³-hybridized carbons (Fsp3) is 0.481. The number of amides is 2. The second-order valence-electron chi connectivity index (χ2n) is 9.76. The molecule has 1 N–H and O–H groups in total. The summed E-state index contributed by atoms with van der Waals surface area (Å²) >= 11 is 0. The van der Waals surface area contributed by atoms with Crippen LogP contribution in [0.25, 0.3) is 0 Å². The van der Waals surface area contributed by atoms with Crippen LogP contribution in [0.3, 0.4) is 0 Å². The maximum absolute atomic E-state index is 13.0. The first-order valence-corrected chi connectivity index (χ1v) is 14.1. The maximum atomic E-state index is 13.0. The van der Waals surface area contributed by atoms with Gasteiger partial charge in [-0.1, -0.05) is 38.8 Å². The zero-order valence-corrected chi connectivity index (χ0v) is 21.4. The highest BCUT2D eigenvalue weighted by atomic mass is 32.2. The van der Waals surface area contributed by atoms with Crippen LogP contribution in [0.5, 0.6) is 0 Å². The van der Waals surface area contributed by atoms with Crippen molar-refractivity contribution < 1.29 is 18.0 Å². The molecule has 7 nitrogen and oxygen atoms in total. The Morgan fingerprint density at radius 3 is 2.20 bits per heavy atom. The molecule has 0 unspecified atom stereocenters. The summed E-state index contributed by atoms with van der Waals surface area (Å²) in [6.07, 6.45) is 5.36. The van der Waals surface area contributed by atoms with E-state index in [9.17, 15) is 18.0 Å². The molecule has 2 amide bonds. The van der Waals surface area contributed by atoms with E-state index in [1.807, 2.05) is 17.0 Å². The summed E-state index contributed by atoms with van der Waals surface area (Å²) < 4.78 is 28.6. The van der Waals surface area contributed by atoms with E-state index in [0.717, 1.165) is 55.6 Å². The van der Waals surface area contributed by atoms with Gasteiger partial charge < -0.3 is 9.80 Å². The number of nitrogens with zero attached hydrogens (tertiary/aromatic N) is 2. The number of carbonyl (C=O) groups excluding carboxylic acids is 2. The summed E-state index contributed by atoms with van der Waals surface area (Å²) in [5.41, 5.74) is 3.22. The Kier molecular flexibility index (Phi) is 7.79. The van der Waals surface area contributed by atoms with Crippen molar-refractivity contribution in [1.82, 2.24) is 4.90 Å². The number of hydrogen-bond acceptors (Lipinski definition) is 4. The molecule has 0 saturated carbocycles. The number of hydrogen-bond donors (Lipinski definition) is 1. The van der Waals surface area contributed by atoms with Gasteiger partial charge in [0.2, 0.25) is 11.8 Å². The minimum Gasteiger partial charge on any atom is -0.343 e. The zero-order valence-electron chi connectivity index (χ0n) is 20.6. The standard InChI is InChI=1S/C27H35N3O4S/c1-20(2)21-7-9-23(10-8-21)28-35(33,34)24-11-12-25-22(19-24)15-18-30(25)27(32)14-13-26(31)29-16-5-3-4-6-17-29/h7-12,19-20,28H,3-6,13-18H2,1-2H3. The normalized spacial score (nSPS) is 16.2. The third-order valence-corrected chi connectivity index (χ3v) is 8.28. The minimum absolute atomic E-state index is 0.0496. The number of carbonyl (C=O) groups is 2. The van der Waals surface area contributed by atoms with E-state index in [1.165, 1.54) is 6.07 Å². The van der Waals surface area contributed by atoms with Gasteiger partial charge in [0.1, 0.15) is 0 Å². The molecule has 0 atom stereocenters. The Labute approximate surface area is 208 Å². The second kappa shape index (κ2) is 10.8. The Balaban J connectivity index is 1.39. The molecule has 35 heavy (non-hydrogen) atoms. The van der Waals surface area contributed by atoms with Gasteiger partial charge in [-0.05, 0) is 66.6 Å². The van der Waals surface area contributed by atoms with Crippen LogP contribution < -0.4 is 9.62 Å². The monoisotopic (exact) mass is 497 g/mol. The number of fused-ring (bicyclic) bond motifs is 1. The van der Waals surface area contributed by atoms with Gasteiger partial charge in [0.15, 0.2) is 0 Å². The lowest BCUT2D eigenvalue weighted by Crippen LogP contribution is -2.34. The zero-order chi connectivity index (χ0) is 25.0. The van der Waals surface area contributed by atoms with Crippen molar-refractivity contribution in [3.63, 3.8) is 0 Å². The van der Waals surface area contributed by atoms with Crippen molar-refractivity contribution in [2.45, 2.75) is 69.6 Å². The van der Waals surface area contributed by atoms with Crippen molar-refractivity contribution in [3.8, 4) is 0 Å². The van der Waals surface area contributed by atoms with E-state index in [2.05, 4.69) is 18.6 Å². The molecule has 2 aliphatic heterocycles. The van der Waals surface area contributed by atoms with Crippen LogP contribution in [-0.4, -0.2) is 44.8 Å². The van der Waals surface area contributed by atoms with E-state index < -0.39 is 10.0 Å². The number of likely N-dealkylation sites (tertiary alicyclic amines) is 1. The quantitative estimate of drug-likeness (QED) is 0.602. The van der Waals surface area contributed by atoms with Crippen molar-refractivity contribution >= 4 is 33.2 Å². The first-order chi connectivity index (χ1) is 16.7. The highest BCUT2D eigenvalue weighted by Gasteiger charge is 2.27. The van der Waals surface area contributed by atoms with Crippen LogP contribution in [0.4, 0.5) is 11.4 Å². The third kappa shape index (κ3) is 6.04. The van der Waals surface area contributed by atoms with Gasteiger partial charge in [-0.25, -0.2) is 8.42 Å². The van der Waals surface area contributed by atoms with Crippen LogP contribution in [0, 0.1) is 0 Å². The maximum Gasteiger partial charge on any atom is 0.261 e. The van der Waals surface area contributed by atoms with Gasteiger partial charge in [-0.3, -0.25) is 14.3 Å². The summed E-state index contributed by atoms with van der Waals surface area (Å²) in [5, 5.41) is 0. The molecular weight excluding hydrogens is 462 g/mol. The van der Waals surface area contributed by atoms with Crippen LogP contribution in [-0.2, 0) is 26.0 Å². The van der Waals surface area contributed by atoms with Crippen LogP contribution in [0.1, 0.15) is 69.4 Å². The molecule has 0 aromatic heterocycles. The molecule has 2 aliphatic rings. The molecule has 188 valence electrons. The van der Waals surface area contributed by atoms with E-state index in [0.29, 0.717) is 24.6 Å². The Morgan fingerprint density at radius 1 is 0.886 bits per heavy atom. The Bertz CT molecular complexity index is 1170. The minimum atomic E-state index is -3.75. The molecular formula is C27H35N3O4S. The number of sulfonamides is 1. The second-order valence-corrected chi connectivity index (χ2v) is 11.4. The molecule has 8 heteroatoms. The first-order valence-electron chi connectivity index (χ1n) is 12.6. The molecule has 4 rings (SSSR count). The highest BCUT2D eigenvalue weighted by Crippen LogP contribution is 2.31. The molecule has 2 heterocycles. The number of rotatable bonds is 7. The van der Waals surface area contributed by atoms with Crippen molar-refractivity contribution in [3.05, 3.63) is 53.6 Å². The van der Waals surface area contributed by atoms with E-state index in [-0.39, 0.29) is 29.6 Å². The Morgan fingerprint density at radius 2 is 1.54 bits per heavy atom. The van der Waals surface area contributed by atoms with Crippen molar-refractivity contribution in [1.29, 1.82) is 0 Å². The number of nitrogens with one attached hydrogen (secondary N) is 1. The largest absolute Gasteiger partial charge is 0.343 e. The molecule has 0 bridgehead atoms.